The van der Waals surface area contributed by atoms with Crippen LogP contribution in [-0.2, 0) is 16.4 Å². The number of rotatable bonds is 5. The molecule has 96 valence electrons. The molecule has 0 saturated carbocycles. The van der Waals surface area contributed by atoms with Crippen LogP contribution in [0, 0.1) is 0 Å². The lowest BCUT2D eigenvalue weighted by atomic mass is 10.2. The predicted molar refractivity (Wildman–Crippen MR) is 70.3 cm³/mol. The third-order valence-electron chi connectivity index (χ3n) is 2.35. The lowest BCUT2D eigenvalue weighted by molar-refractivity contribution is 0.581. The van der Waals surface area contributed by atoms with E-state index >= 15 is 0 Å². The Bertz CT molecular complexity index is 639. The zero-order valence-electron chi connectivity index (χ0n) is 9.42. The molecule has 0 atom stereocenters. The molecule has 2 aromatic rings. The number of H-pyrrole nitrogens is 1. The summed E-state index contributed by atoms with van der Waals surface area (Å²) in [6.07, 6.45) is 1.83. The first-order chi connectivity index (χ1) is 8.58. The van der Waals surface area contributed by atoms with Crippen LogP contribution in [0.3, 0.4) is 0 Å². The standard InChI is InChI=1S/C11H12N2O3S2/c14-11-2-1-10(7-12-11)18(15,16)13-5-3-9-4-6-17-8-9/h1-2,4,6-8,13H,3,5H2,(H,12,14). The van der Waals surface area contributed by atoms with Crippen LogP contribution in [-0.4, -0.2) is 19.9 Å². The van der Waals surface area contributed by atoms with Crippen molar-refractivity contribution in [3.63, 3.8) is 0 Å². The molecule has 0 bridgehead atoms. The van der Waals surface area contributed by atoms with Gasteiger partial charge in [0, 0.05) is 18.8 Å². The molecule has 0 aliphatic heterocycles. The molecule has 0 amide bonds. The molecule has 2 N–H and O–H groups in total. The van der Waals surface area contributed by atoms with Crippen LogP contribution in [0.15, 0.2) is 44.8 Å². The number of nitrogens with one attached hydrogen (secondary N) is 2. The van der Waals surface area contributed by atoms with Crippen molar-refractivity contribution in [2.45, 2.75) is 11.3 Å². The third kappa shape index (κ3) is 3.28. The maximum atomic E-state index is 11.8. The van der Waals surface area contributed by atoms with E-state index in [0.717, 1.165) is 5.56 Å². The van der Waals surface area contributed by atoms with E-state index in [1.165, 1.54) is 18.3 Å². The number of hydrogen-bond donors (Lipinski definition) is 2. The van der Waals surface area contributed by atoms with Crippen LogP contribution in [0.4, 0.5) is 0 Å². The molecule has 0 fully saturated rings. The largest absolute Gasteiger partial charge is 0.328 e. The minimum absolute atomic E-state index is 0.0624. The zero-order chi connectivity index (χ0) is 13.0. The third-order valence-corrected chi connectivity index (χ3v) is 4.54. The van der Waals surface area contributed by atoms with Gasteiger partial charge in [0.25, 0.3) is 0 Å². The summed E-state index contributed by atoms with van der Waals surface area (Å²) >= 11 is 1.58. The number of aromatic nitrogens is 1. The smallest absolute Gasteiger partial charge is 0.247 e. The summed E-state index contributed by atoms with van der Waals surface area (Å²) in [6, 6.07) is 4.43. The molecule has 0 aromatic carbocycles. The summed E-state index contributed by atoms with van der Waals surface area (Å²) in [6.45, 7) is 0.332. The highest BCUT2D eigenvalue weighted by Crippen LogP contribution is 2.07. The molecule has 0 aliphatic rings. The first kappa shape index (κ1) is 13.0. The first-order valence-corrected chi connectivity index (χ1v) is 7.70. The van der Waals surface area contributed by atoms with E-state index in [1.54, 1.807) is 11.3 Å². The molecule has 5 nitrogen and oxygen atoms in total. The van der Waals surface area contributed by atoms with Crippen molar-refractivity contribution < 1.29 is 8.42 Å². The molecule has 2 heterocycles. The summed E-state index contributed by atoms with van der Waals surface area (Å²) < 4.78 is 26.2. The van der Waals surface area contributed by atoms with Crippen LogP contribution in [0.25, 0.3) is 0 Å². The Kier molecular flexibility index (Phi) is 3.95. The van der Waals surface area contributed by atoms with Crippen molar-refractivity contribution in [1.29, 1.82) is 0 Å². The van der Waals surface area contributed by atoms with Crippen LogP contribution < -0.4 is 10.3 Å². The fraction of sp³-hybridized carbons (Fsp3) is 0.182. The van der Waals surface area contributed by atoms with Gasteiger partial charge in [-0.05, 0) is 34.9 Å². The van der Waals surface area contributed by atoms with E-state index in [4.69, 9.17) is 0 Å². The second kappa shape index (κ2) is 5.47. The SMILES string of the molecule is O=c1ccc(S(=O)(=O)NCCc2ccsc2)c[nH]1. The number of sulfonamides is 1. The molecule has 0 aliphatic carbocycles. The molecule has 2 aromatic heterocycles. The number of aromatic amines is 1. The molecule has 18 heavy (non-hydrogen) atoms. The van der Waals surface area contributed by atoms with Gasteiger partial charge in [0.05, 0.1) is 4.90 Å². The highest BCUT2D eigenvalue weighted by molar-refractivity contribution is 7.89. The van der Waals surface area contributed by atoms with Crippen LogP contribution in [0.1, 0.15) is 5.56 Å². The number of thiophene rings is 1. The van der Waals surface area contributed by atoms with Crippen LogP contribution in [0.2, 0.25) is 0 Å². The Balaban J connectivity index is 1.99. The molecule has 0 unspecified atom stereocenters. The summed E-state index contributed by atoms with van der Waals surface area (Å²) in [5.74, 6) is 0. The quantitative estimate of drug-likeness (QED) is 0.858. The van der Waals surface area contributed by atoms with Crippen molar-refractivity contribution in [1.82, 2.24) is 9.71 Å². The van der Waals surface area contributed by atoms with E-state index in [2.05, 4.69) is 9.71 Å². The van der Waals surface area contributed by atoms with Gasteiger partial charge in [0.1, 0.15) is 0 Å². The van der Waals surface area contributed by atoms with E-state index in [0.29, 0.717) is 13.0 Å². The Morgan fingerprint density at radius 2 is 2.11 bits per heavy atom. The predicted octanol–water partition coefficient (Wildman–Crippen LogP) is 0.957. The lowest BCUT2D eigenvalue weighted by Gasteiger charge is -2.05. The molecular formula is C11H12N2O3S2. The highest BCUT2D eigenvalue weighted by Gasteiger charge is 2.12. The summed E-state index contributed by atoms with van der Waals surface area (Å²) in [7, 11) is -3.55. The van der Waals surface area contributed by atoms with Gasteiger partial charge in [-0.3, -0.25) is 4.79 Å². The topological polar surface area (TPSA) is 79.0 Å². The van der Waals surface area contributed by atoms with Gasteiger partial charge in [-0.2, -0.15) is 11.3 Å². The van der Waals surface area contributed by atoms with E-state index in [-0.39, 0.29) is 10.5 Å². The van der Waals surface area contributed by atoms with Crippen molar-refractivity contribution in [3.8, 4) is 0 Å². The van der Waals surface area contributed by atoms with Gasteiger partial charge >= 0.3 is 0 Å². The number of pyridine rings is 1. The fourth-order valence-electron chi connectivity index (χ4n) is 1.41. The second-order valence-electron chi connectivity index (χ2n) is 3.67. The minimum Gasteiger partial charge on any atom is -0.328 e. The van der Waals surface area contributed by atoms with Gasteiger partial charge in [0.15, 0.2) is 0 Å². The summed E-state index contributed by atoms with van der Waals surface area (Å²) in [5, 5.41) is 3.93. The summed E-state index contributed by atoms with van der Waals surface area (Å²) in [5.41, 5.74) is 0.774. The molecule has 0 saturated heterocycles. The Labute approximate surface area is 109 Å². The zero-order valence-corrected chi connectivity index (χ0v) is 11.1. The normalized spacial score (nSPS) is 11.6. The molecular weight excluding hydrogens is 272 g/mol. The minimum atomic E-state index is -3.55. The maximum absolute atomic E-state index is 11.8. The monoisotopic (exact) mass is 284 g/mol. The van der Waals surface area contributed by atoms with Crippen molar-refractivity contribution in [3.05, 3.63) is 51.1 Å². The van der Waals surface area contributed by atoms with E-state index in [9.17, 15) is 13.2 Å². The highest BCUT2D eigenvalue weighted by atomic mass is 32.2. The van der Waals surface area contributed by atoms with Gasteiger partial charge in [0.2, 0.25) is 15.6 Å². The van der Waals surface area contributed by atoms with Gasteiger partial charge in [-0.15, -0.1) is 0 Å². The molecule has 2 rings (SSSR count). The lowest BCUT2D eigenvalue weighted by Crippen LogP contribution is -2.26. The van der Waals surface area contributed by atoms with E-state index < -0.39 is 10.0 Å². The van der Waals surface area contributed by atoms with Crippen molar-refractivity contribution in [2.75, 3.05) is 6.54 Å². The van der Waals surface area contributed by atoms with E-state index in [1.807, 2.05) is 16.8 Å². The first-order valence-electron chi connectivity index (χ1n) is 5.27. The average Bonchev–Trinajstić information content (AvgIpc) is 2.82. The molecule has 0 radical (unpaired) electrons. The van der Waals surface area contributed by atoms with Crippen molar-refractivity contribution >= 4 is 21.4 Å². The molecule has 7 heteroatoms. The fourth-order valence-corrected chi connectivity index (χ4v) is 3.11. The molecule has 0 spiro atoms. The second-order valence-corrected chi connectivity index (χ2v) is 6.21. The Hall–Kier alpha value is -1.44. The van der Waals surface area contributed by atoms with Gasteiger partial charge in [-0.1, -0.05) is 0 Å². The van der Waals surface area contributed by atoms with Gasteiger partial charge in [-0.25, -0.2) is 13.1 Å². The summed E-state index contributed by atoms with van der Waals surface area (Å²) in [4.78, 5) is 13.2. The van der Waals surface area contributed by atoms with Crippen molar-refractivity contribution in [2.24, 2.45) is 0 Å². The van der Waals surface area contributed by atoms with Gasteiger partial charge < -0.3 is 4.98 Å². The average molecular weight is 284 g/mol. The number of hydrogen-bond acceptors (Lipinski definition) is 4. The van der Waals surface area contributed by atoms with Crippen LogP contribution >= 0.6 is 11.3 Å². The van der Waals surface area contributed by atoms with Crippen LogP contribution in [0.5, 0.6) is 0 Å². The maximum Gasteiger partial charge on any atom is 0.247 e. The Morgan fingerprint density at radius 1 is 1.28 bits per heavy atom. The Morgan fingerprint density at radius 3 is 2.72 bits per heavy atom.